The molecule has 0 radical (unpaired) electrons. The maximum Gasteiger partial charge on any atom is 0.239 e. The second-order valence-corrected chi connectivity index (χ2v) is 6.33. The van der Waals surface area contributed by atoms with Crippen LogP contribution in [0.2, 0.25) is 0 Å². The Hall–Kier alpha value is -1.59. The standard InChI is InChI=1S/C17H25N3O2.ClH/c1-11(2)16(18)17(22)20-10-15(21)19-9-12-7-13-5-3-4-6-14(13)8-12;/h3-6,11-12,16H,7-10,18H2,1-2H3,(H,19,21)(H,20,22);1H/t16-;/m0./s1. The molecular weight excluding hydrogens is 314 g/mol. The number of carbonyl (C=O) groups is 2. The third-order valence-corrected chi connectivity index (χ3v) is 4.17. The molecule has 4 N–H and O–H groups in total. The van der Waals surface area contributed by atoms with Gasteiger partial charge in [-0.3, -0.25) is 9.59 Å². The van der Waals surface area contributed by atoms with Gasteiger partial charge in [0.15, 0.2) is 0 Å². The van der Waals surface area contributed by atoms with Gasteiger partial charge in [-0.25, -0.2) is 0 Å². The highest BCUT2D eigenvalue weighted by Gasteiger charge is 2.22. The van der Waals surface area contributed by atoms with Crippen molar-refractivity contribution in [2.75, 3.05) is 13.1 Å². The summed E-state index contributed by atoms with van der Waals surface area (Å²) in [5.74, 6) is 0.0497. The van der Waals surface area contributed by atoms with Crippen molar-refractivity contribution in [3.05, 3.63) is 35.4 Å². The topological polar surface area (TPSA) is 84.2 Å². The highest BCUT2D eigenvalue weighted by Crippen LogP contribution is 2.25. The Bertz CT molecular complexity index is 523. The molecule has 0 aliphatic heterocycles. The third kappa shape index (κ3) is 5.52. The lowest BCUT2D eigenvalue weighted by atomic mass is 10.1. The van der Waals surface area contributed by atoms with Crippen LogP contribution in [0.3, 0.4) is 0 Å². The molecule has 1 atom stereocenters. The van der Waals surface area contributed by atoms with E-state index in [0.29, 0.717) is 12.5 Å². The maximum absolute atomic E-state index is 11.8. The summed E-state index contributed by atoms with van der Waals surface area (Å²) in [6, 6.07) is 7.81. The van der Waals surface area contributed by atoms with Crippen LogP contribution in [0.4, 0.5) is 0 Å². The van der Waals surface area contributed by atoms with Crippen LogP contribution in [-0.4, -0.2) is 30.9 Å². The lowest BCUT2D eigenvalue weighted by Gasteiger charge is -2.15. The van der Waals surface area contributed by atoms with E-state index in [1.807, 2.05) is 26.0 Å². The minimum Gasteiger partial charge on any atom is -0.354 e. The van der Waals surface area contributed by atoms with E-state index in [1.54, 1.807) is 0 Å². The number of benzene rings is 1. The van der Waals surface area contributed by atoms with Crippen molar-refractivity contribution >= 4 is 24.2 Å². The average molecular weight is 340 g/mol. The molecule has 0 aromatic heterocycles. The summed E-state index contributed by atoms with van der Waals surface area (Å²) in [6.07, 6.45) is 2.00. The molecule has 0 fully saturated rings. The van der Waals surface area contributed by atoms with Crippen LogP contribution in [0, 0.1) is 11.8 Å². The normalized spacial score (nSPS) is 14.8. The number of rotatable bonds is 6. The van der Waals surface area contributed by atoms with E-state index in [0.717, 1.165) is 12.8 Å². The molecule has 1 aliphatic carbocycles. The average Bonchev–Trinajstić information content (AvgIpc) is 2.92. The van der Waals surface area contributed by atoms with Crippen LogP contribution in [0.5, 0.6) is 0 Å². The zero-order valence-electron chi connectivity index (χ0n) is 13.7. The van der Waals surface area contributed by atoms with Gasteiger partial charge in [-0.15, -0.1) is 12.4 Å². The number of hydrogen-bond acceptors (Lipinski definition) is 3. The quantitative estimate of drug-likeness (QED) is 0.724. The van der Waals surface area contributed by atoms with Crippen LogP contribution in [0.15, 0.2) is 24.3 Å². The predicted octanol–water partition coefficient (Wildman–Crippen LogP) is 1.04. The van der Waals surface area contributed by atoms with E-state index in [2.05, 4.69) is 22.8 Å². The summed E-state index contributed by atoms with van der Waals surface area (Å²) >= 11 is 0. The molecule has 128 valence electrons. The highest BCUT2D eigenvalue weighted by molar-refractivity contribution is 5.87. The molecule has 0 spiro atoms. The van der Waals surface area contributed by atoms with Crippen molar-refractivity contribution in [3.8, 4) is 0 Å². The van der Waals surface area contributed by atoms with Crippen molar-refractivity contribution < 1.29 is 9.59 Å². The van der Waals surface area contributed by atoms with Crippen LogP contribution >= 0.6 is 12.4 Å². The van der Waals surface area contributed by atoms with Gasteiger partial charge in [-0.1, -0.05) is 38.1 Å². The Balaban J connectivity index is 0.00000264. The van der Waals surface area contributed by atoms with E-state index in [9.17, 15) is 9.59 Å². The third-order valence-electron chi connectivity index (χ3n) is 4.17. The second-order valence-electron chi connectivity index (χ2n) is 6.33. The van der Waals surface area contributed by atoms with Crippen molar-refractivity contribution in [2.24, 2.45) is 17.6 Å². The number of nitrogens with two attached hydrogens (primary N) is 1. The van der Waals surface area contributed by atoms with Crippen molar-refractivity contribution in [2.45, 2.75) is 32.7 Å². The largest absolute Gasteiger partial charge is 0.354 e. The fourth-order valence-corrected chi connectivity index (χ4v) is 2.70. The zero-order valence-corrected chi connectivity index (χ0v) is 14.5. The minimum absolute atomic E-state index is 0. The zero-order chi connectivity index (χ0) is 16.1. The summed E-state index contributed by atoms with van der Waals surface area (Å²) < 4.78 is 0. The van der Waals surface area contributed by atoms with Crippen LogP contribution in [0.1, 0.15) is 25.0 Å². The van der Waals surface area contributed by atoms with Crippen molar-refractivity contribution in [1.29, 1.82) is 0 Å². The molecule has 1 aliphatic rings. The number of halogens is 1. The number of nitrogens with one attached hydrogen (secondary N) is 2. The number of hydrogen-bond donors (Lipinski definition) is 3. The van der Waals surface area contributed by atoms with Gasteiger partial charge >= 0.3 is 0 Å². The van der Waals surface area contributed by atoms with E-state index < -0.39 is 6.04 Å². The van der Waals surface area contributed by atoms with Gasteiger partial charge in [0.1, 0.15) is 0 Å². The molecule has 5 nitrogen and oxygen atoms in total. The fraction of sp³-hybridized carbons (Fsp3) is 0.529. The molecule has 2 amide bonds. The van der Waals surface area contributed by atoms with Crippen molar-refractivity contribution in [3.63, 3.8) is 0 Å². The first-order valence-corrected chi connectivity index (χ1v) is 7.84. The maximum atomic E-state index is 11.8. The first-order chi connectivity index (χ1) is 10.5. The van der Waals surface area contributed by atoms with E-state index >= 15 is 0 Å². The van der Waals surface area contributed by atoms with E-state index in [4.69, 9.17) is 5.73 Å². The van der Waals surface area contributed by atoms with E-state index in [-0.39, 0.29) is 36.7 Å². The van der Waals surface area contributed by atoms with E-state index in [1.165, 1.54) is 11.1 Å². The molecule has 6 heteroatoms. The molecule has 0 saturated heterocycles. The Kier molecular flexibility index (Phi) is 7.52. The number of fused-ring (bicyclic) bond motifs is 1. The van der Waals surface area contributed by atoms with Crippen LogP contribution in [0.25, 0.3) is 0 Å². The molecule has 2 rings (SSSR count). The lowest BCUT2D eigenvalue weighted by Crippen LogP contribution is -2.47. The summed E-state index contributed by atoms with van der Waals surface area (Å²) in [5.41, 5.74) is 8.47. The van der Waals surface area contributed by atoms with Gasteiger partial charge in [-0.2, -0.15) is 0 Å². The van der Waals surface area contributed by atoms with Gasteiger partial charge in [-0.05, 0) is 35.8 Å². The smallest absolute Gasteiger partial charge is 0.239 e. The Morgan fingerprint density at radius 3 is 2.26 bits per heavy atom. The van der Waals surface area contributed by atoms with Gasteiger partial charge < -0.3 is 16.4 Å². The Morgan fingerprint density at radius 1 is 1.17 bits per heavy atom. The lowest BCUT2D eigenvalue weighted by molar-refractivity contribution is -0.127. The molecule has 0 bridgehead atoms. The molecule has 1 aromatic carbocycles. The molecule has 23 heavy (non-hydrogen) atoms. The number of carbonyl (C=O) groups excluding carboxylic acids is 2. The Morgan fingerprint density at radius 2 is 1.74 bits per heavy atom. The molecule has 0 saturated carbocycles. The van der Waals surface area contributed by atoms with Gasteiger partial charge in [0, 0.05) is 6.54 Å². The molecule has 0 unspecified atom stereocenters. The summed E-state index contributed by atoms with van der Waals surface area (Å²) in [6.45, 7) is 4.38. The van der Waals surface area contributed by atoms with Gasteiger partial charge in [0.25, 0.3) is 0 Å². The predicted molar refractivity (Wildman–Crippen MR) is 93.4 cm³/mol. The first kappa shape index (κ1) is 19.5. The molecular formula is C17H26ClN3O2. The molecule has 0 heterocycles. The summed E-state index contributed by atoms with van der Waals surface area (Å²) in [4.78, 5) is 23.5. The van der Waals surface area contributed by atoms with Gasteiger partial charge in [0.2, 0.25) is 11.8 Å². The summed E-state index contributed by atoms with van der Waals surface area (Å²) in [7, 11) is 0. The van der Waals surface area contributed by atoms with Crippen LogP contribution in [-0.2, 0) is 22.4 Å². The van der Waals surface area contributed by atoms with Crippen LogP contribution < -0.4 is 16.4 Å². The minimum atomic E-state index is -0.572. The summed E-state index contributed by atoms with van der Waals surface area (Å²) in [5, 5.41) is 5.47. The second kappa shape index (κ2) is 8.89. The fourth-order valence-electron chi connectivity index (χ4n) is 2.70. The Labute approximate surface area is 143 Å². The SMILES string of the molecule is CC(C)[C@H](N)C(=O)NCC(=O)NCC1Cc2ccccc2C1.Cl. The van der Waals surface area contributed by atoms with Gasteiger partial charge in [0.05, 0.1) is 12.6 Å². The van der Waals surface area contributed by atoms with Crippen molar-refractivity contribution in [1.82, 2.24) is 10.6 Å². The monoisotopic (exact) mass is 339 g/mol. The number of amides is 2. The first-order valence-electron chi connectivity index (χ1n) is 7.84. The molecule has 1 aromatic rings. The highest BCUT2D eigenvalue weighted by atomic mass is 35.5.